The predicted octanol–water partition coefficient (Wildman–Crippen LogP) is 1.17. The van der Waals surface area contributed by atoms with Crippen molar-refractivity contribution in [2.24, 2.45) is 0 Å². The number of carboxylic acid groups (broad SMARTS) is 2. The van der Waals surface area contributed by atoms with Crippen LogP contribution in [0, 0.1) is 5.82 Å². The van der Waals surface area contributed by atoms with Gasteiger partial charge in [-0.2, -0.15) is 0 Å². The van der Waals surface area contributed by atoms with Crippen molar-refractivity contribution < 1.29 is 38.7 Å². The number of nitrogens with one attached hydrogen (secondary N) is 3. The number of pyridine rings is 1. The van der Waals surface area contributed by atoms with Crippen LogP contribution in [0.2, 0.25) is 0 Å². The normalized spacial score (nSPS) is 10.2. The van der Waals surface area contributed by atoms with Gasteiger partial charge in [-0.3, -0.25) is 5.32 Å². The zero-order valence-electron chi connectivity index (χ0n) is 16.8. The van der Waals surface area contributed by atoms with Gasteiger partial charge in [-0.25, -0.2) is 19.0 Å². The molecule has 1 amide bonds. The van der Waals surface area contributed by atoms with E-state index in [2.05, 4.69) is 15.6 Å². The summed E-state index contributed by atoms with van der Waals surface area (Å²) in [5, 5.41) is 22.9. The zero-order chi connectivity index (χ0) is 23.4. The molecule has 31 heavy (non-hydrogen) atoms. The number of aliphatic carboxylic acids is 2. The first kappa shape index (κ1) is 24.9. The van der Waals surface area contributed by atoms with Crippen molar-refractivity contribution in [2.45, 2.75) is 26.5 Å². The summed E-state index contributed by atoms with van der Waals surface area (Å²) in [4.78, 5) is 33.5. The average Bonchev–Trinajstić information content (AvgIpc) is 2.68. The maximum Gasteiger partial charge on any atom is 0.412 e. The van der Waals surface area contributed by atoms with Crippen LogP contribution in [0.3, 0.4) is 0 Å². The number of benzene rings is 1. The molecule has 1 aromatic carbocycles. The van der Waals surface area contributed by atoms with Crippen LogP contribution < -0.4 is 26.5 Å². The van der Waals surface area contributed by atoms with E-state index in [-0.39, 0.29) is 11.9 Å². The van der Waals surface area contributed by atoms with Gasteiger partial charge < -0.3 is 30.8 Å². The Bertz CT molecular complexity index is 916. The summed E-state index contributed by atoms with van der Waals surface area (Å²) in [5.74, 6) is -2.10. The molecule has 0 atom stereocenters. The second-order valence-electron chi connectivity index (χ2n) is 6.25. The van der Waals surface area contributed by atoms with Gasteiger partial charge in [0, 0.05) is 12.1 Å². The number of aromatic nitrogens is 1. The topological polar surface area (TPSA) is 168 Å². The highest BCUT2D eigenvalue weighted by Crippen LogP contribution is 2.15. The largest absolute Gasteiger partial charge is 0.545 e. The number of hydrogen-bond donors (Lipinski definition) is 4. The van der Waals surface area contributed by atoms with E-state index in [4.69, 9.17) is 15.6 Å². The number of carbonyl (C=O) groups is 3. The third kappa shape index (κ3) is 10.8. The number of rotatable bonds is 7. The molecule has 10 nitrogen and oxygen atoms in total. The van der Waals surface area contributed by atoms with Crippen LogP contribution in [0.4, 0.5) is 26.5 Å². The summed E-state index contributed by atoms with van der Waals surface area (Å²) in [7, 11) is 0. The number of hydrogen-bond acceptors (Lipinski definition) is 7. The molecule has 0 spiro atoms. The first-order valence-corrected chi connectivity index (χ1v) is 8.96. The molecule has 0 fully saturated rings. The number of ether oxygens (including phenoxy) is 1. The van der Waals surface area contributed by atoms with Crippen LogP contribution in [0.5, 0.6) is 0 Å². The number of nitrogen functional groups attached to an aromatic ring is 1. The number of carboxylic acids is 2. The van der Waals surface area contributed by atoms with Gasteiger partial charge in [0.15, 0.2) is 0 Å². The van der Waals surface area contributed by atoms with Crippen LogP contribution in [-0.4, -0.2) is 29.2 Å². The minimum Gasteiger partial charge on any atom is -0.545 e. The van der Waals surface area contributed by atoms with Crippen molar-refractivity contribution in [2.75, 3.05) is 16.4 Å². The number of amides is 1. The SMILES string of the molecule is CC(C)OC(=O)Nc1ccc(NCc2ccc(F)cc2)[nH+]c1N.O=C([O-])/C=C\C(=O)O. The van der Waals surface area contributed by atoms with Crippen LogP contribution >= 0.6 is 0 Å². The fourth-order valence-corrected chi connectivity index (χ4v) is 2.02. The van der Waals surface area contributed by atoms with Crippen LogP contribution in [-0.2, 0) is 20.9 Å². The van der Waals surface area contributed by atoms with Gasteiger partial charge in [0.2, 0.25) is 11.6 Å². The van der Waals surface area contributed by atoms with Crippen molar-refractivity contribution in [1.82, 2.24) is 0 Å². The summed E-state index contributed by atoms with van der Waals surface area (Å²) in [6, 6.07) is 9.61. The summed E-state index contributed by atoms with van der Waals surface area (Å²) >= 11 is 0. The molecular formula is C20H23FN4O6. The second kappa shape index (κ2) is 12.4. The standard InChI is InChI=1S/C16H19FN4O2.C4H4O4/c1-10(2)23-16(22)20-13-7-8-14(21-15(13)18)19-9-11-3-5-12(17)6-4-11;5-3(6)1-2-4(7)8/h3-8,10H,9H2,1-2H3,(H,20,22)(H3,18,19,21);1-2H,(H,5,6)(H,7,8)/b;2-1-. The average molecular weight is 434 g/mol. The number of H-pyrrole nitrogens is 1. The van der Waals surface area contributed by atoms with Gasteiger partial charge in [-0.1, -0.05) is 12.1 Å². The Labute approximate surface area is 177 Å². The fraction of sp³-hybridized carbons (Fsp3) is 0.200. The van der Waals surface area contributed by atoms with Crippen molar-refractivity contribution in [3.63, 3.8) is 0 Å². The Morgan fingerprint density at radius 1 is 1.19 bits per heavy atom. The minimum atomic E-state index is -1.51. The predicted molar refractivity (Wildman–Crippen MR) is 108 cm³/mol. The molecule has 11 heteroatoms. The smallest absolute Gasteiger partial charge is 0.412 e. The lowest BCUT2D eigenvalue weighted by molar-refractivity contribution is -0.342. The van der Waals surface area contributed by atoms with E-state index >= 15 is 0 Å². The Balaban J connectivity index is 0.000000512. The minimum absolute atomic E-state index is 0.211. The van der Waals surface area contributed by atoms with Crippen LogP contribution in [0.1, 0.15) is 19.4 Å². The van der Waals surface area contributed by atoms with Crippen LogP contribution in [0.15, 0.2) is 48.6 Å². The molecule has 0 unspecified atom stereocenters. The monoisotopic (exact) mass is 434 g/mol. The Kier molecular flexibility index (Phi) is 9.97. The lowest BCUT2D eigenvalue weighted by Crippen LogP contribution is -2.23. The molecule has 0 aliphatic rings. The fourth-order valence-electron chi connectivity index (χ4n) is 2.02. The summed E-state index contributed by atoms with van der Waals surface area (Å²) in [6.45, 7) is 4.04. The Morgan fingerprint density at radius 2 is 1.84 bits per heavy atom. The quantitative estimate of drug-likeness (QED) is 0.471. The maximum atomic E-state index is 12.8. The van der Waals surface area contributed by atoms with E-state index in [1.54, 1.807) is 38.1 Å². The van der Waals surface area contributed by atoms with E-state index in [0.29, 0.717) is 36.0 Å². The molecule has 0 saturated heterocycles. The molecule has 2 rings (SSSR count). The molecular weight excluding hydrogens is 411 g/mol. The van der Waals surface area contributed by atoms with E-state index in [9.17, 15) is 23.9 Å². The van der Waals surface area contributed by atoms with E-state index in [1.807, 2.05) is 0 Å². The van der Waals surface area contributed by atoms with Crippen molar-refractivity contribution in [3.8, 4) is 0 Å². The number of aromatic amines is 1. The molecule has 1 heterocycles. The lowest BCUT2D eigenvalue weighted by Gasteiger charge is -2.10. The highest BCUT2D eigenvalue weighted by atomic mass is 19.1. The molecule has 0 radical (unpaired) electrons. The molecule has 1 aromatic heterocycles. The molecule has 2 aromatic rings. The van der Waals surface area contributed by atoms with Crippen molar-refractivity contribution in [1.29, 1.82) is 0 Å². The Hall–Kier alpha value is -4.15. The van der Waals surface area contributed by atoms with E-state index < -0.39 is 18.0 Å². The van der Waals surface area contributed by atoms with Crippen molar-refractivity contribution in [3.05, 3.63) is 59.9 Å². The summed E-state index contributed by atoms with van der Waals surface area (Å²) in [5.41, 5.74) is 7.24. The van der Waals surface area contributed by atoms with Gasteiger partial charge in [-0.15, -0.1) is 0 Å². The zero-order valence-corrected chi connectivity index (χ0v) is 16.8. The first-order chi connectivity index (χ1) is 14.6. The highest BCUT2D eigenvalue weighted by molar-refractivity contribution is 5.88. The van der Waals surface area contributed by atoms with Gasteiger partial charge >= 0.3 is 12.1 Å². The van der Waals surface area contributed by atoms with Crippen LogP contribution in [0.25, 0.3) is 0 Å². The van der Waals surface area contributed by atoms with Gasteiger partial charge in [0.1, 0.15) is 11.5 Å². The molecule has 0 aliphatic heterocycles. The second-order valence-corrected chi connectivity index (χ2v) is 6.25. The van der Waals surface area contributed by atoms with E-state index in [1.165, 1.54) is 12.1 Å². The summed E-state index contributed by atoms with van der Waals surface area (Å²) in [6.07, 6.45) is 0.168. The molecule has 6 N–H and O–H groups in total. The lowest BCUT2D eigenvalue weighted by atomic mass is 10.2. The van der Waals surface area contributed by atoms with Gasteiger partial charge in [0.25, 0.3) is 0 Å². The first-order valence-electron chi connectivity index (χ1n) is 8.96. The Morgan fingerprint density at radius 3 is 2.32 bits per heavy atom. The third-order valence-corrected chi connectivity index (χ3v) is 3.31. The number of carbonyl (C=O) groups excluding carboxylic acids is 2. The van der Waals surface area contributed by atoms with Gasteiger partial charge in [0.05, 0.1) is 18.6 Å². The number of anilines is 3. The third-order valence-electron chi connectivity index (χ3n) is 3.31. The highest BCUT2D eigenvalue weighted by Gasteiger charge is 2.12. The van der Waals surface area contributed by atoms with Crippen molar-refractivity contribution >= 4 is 35.4 Å². The maximum absolute atomic E-state index is 12.8. The molecule has 0 bridgehead atoms. The molecule has 166 valence electrons. The van der Waals surface area contributed by atoms with E-state index in [0.717, 1.165) is 5.56 Å². The molecule has 0 aliphatic carbocycles. The number of nitrogens with two attached hydrogens (primary N) is 1. The van der Waals surface area contributed by atoms with Gasteiger partial charge in [-0.05, 0) is 43.7 Å². The summed E-state index contributed by atoms with van der Waals surface area (Å²) < 4.78 is 17.8. The number of halogens is 1. The molecule has 0 saturated carbocycles.